The van der Waals surface area contributed by atoms with E-state index in [1.807, 2.05) is 6.92 Å². The molecule has 2 N–H and O–H groups in total. The monoisotopic (exact) mass is 281 g/mol. The molecule has 1 aliphatic rings. The van der Waals surface area contributed by atoms with Gasteiger partial charge in [0.15, 0.2) is 0 Å². The number of likely N-dealkylation sites (tertiary alicyclic amines) is 1. The molecule has 1 aromatic carbocycles. The van der Waals surface area contributed by atoms with E-state index >= 15 is 0 Å². The minimum Gasteiger partial charge on any atom is -0.508 e. The first-order valence-corrected chi connectivity index (χ1v) is 6.95. The quantitative estimate of drug-likeness (QED) is 0.891. The summed E-state index contributed by atoms with van der Waals surface area (Å²) in [5.74, 6) is -1.16. The van der Waals surface area contributed by atoms with Gasteiger partial charge in [-0.05, 0) is 44.5 Å². The summed E-state index contributed by atoms with van der Waals surface area (Å²) in [5.41, 5.74) is 0.516. The zero-order valence-electron chi connectivity index (χ0n) is 11.6. The van der Waals surface area contributed by atoms with E-state index in [9.17, 15) is 14.3 Å². The van der Waals surface area contributed by atoms with Crippen LogP contribution in [0.1, 0.15) is 44.2 Å². The Labute approximate surface area is 117 Å². The Hall–Kier alpha value is -1.62. The van der Waals surface area contributed by atoms with Crippen LogP contribution in [0.4, 0.5) is 4.39 Å². The first kappa shape index (κ1) is 14.8. The fraction of sp³-hybridized carbons (Fsp3) is 0.533. The van der Waals surface area contributed by atoms with Gasteiger partial charge in [-0.1, -0.05) is 6.42 Å². The van der Waals surface area contributed by atoms with Crippen LogP contribution in [0.5, 0.6) is 5.75 Å². The second-order valence-corrected chi connectivity index (χ2v) is 5.36. The summed E-state index contributed by atoms with van der Waals surface area (Å²) in [7, 11) is 0. The average Bonchev–Trinajstić information content (AvgIpc) is 2.41. The Morgan fingerprint density at radius 2 is 2.25 bits per heavy atom. The number of carboxylic acid groups (broad SMARTS) is 1. The predicted octanol–water partition coefficient (Wildman–Crippen LogP) is 2.92. The predicted molar refractivity (Wildman–Crippen MR) is 73.1 cm³/mol. The summed E-state index contributed by atoms with van der Waals surface area (Å²) in [6, 6.07) is 3.63. The third-order valence-electron chi connectivity index (χ3n) is 4.02. The van der Waals surface area contributed by atoms with E-state index in [-0.39, 0.29) is 24.3 Å². The van der Waals surface area contributed by atoms with Gasteiger partial charge in [0.05, 0.1) is 6.42 Å². The van der Waals surface area contributed by atoms with Gasteiger partial charge in [-0.15, -0.1) is 0 Å². The number of piperidine rings is 1. The van der Waals surface area contributed by atoms with Crippen molar-refractivity contribution in [2.45, 2.75) is 44.7 Å². The lowest BCUT2D eigenvalue weighted by molar-refractivity contribution is -0.139. The van der Waals surface area contributed by atoms with Crippen molar-refractivity contribution in [3.63, 3.8) is 0 Å². The zero-order chi connectivity index (χ0) is 14.7. The molecule has 1 heterocycles. The van der Waals surface area contributed by atoms with E-state index in [0.717, 1.165) is 25.8 Å². The zero-order valence-corrected chi connectivity index (χ0v) is 11.6. The highest BCUT2D eigenvalue weighted by Gasteiger charge is 2.30. The molecular formula is C15H20FNO3. The third kappa shape index (κ3) is 3.28. The number of phenols is 1. The number of rotatable bonds is 4. The number of phenolic OH excluding ortho intramolecular Hbond substituents is 1. The van der Waals surface area contributed by atoms with Crippen LogP contribution in [0.2, 0.25) is 0 Å². The van der Waals surface area contributed by atoms with E-state index < -0.39 is 11.8 Å². The van der Waals surface area contributed by atoms with Crippen molar-refractivity contribution < 1.29 is 19.4 Å². The first-order chi connectivity index (χ1) is 9.49. The molecule has 0 aromatic heterocycles. The molecule has 0 aliphatic carbocycles. The van der Waals surface area contributed by atoms with E-state index in [0.29, 0.717) is 5.56 Å². The largest absolute Gasteiger partial charge is 0.508 e. The molecule has 2 unspecified atom stereocenters. The summed E-state index contributed by atoms with van der Waals surface area (Å²) < 4.78 is 13.4. The molecule has 2 rings (SSSR count). The number of halogens is 1. The number of hydrogen-bond donors (Lipinski definition) is 2. The molecule has 1 aliphatic heterocycles. The molecule has 2 atom stereocenters. The molecule has 0 bridgehead atoms. The van der Waals surface area contributed by atoms with Crippen LogP contribution in [0.25, 0.3) is 0 Å². The van der Waals surface area contributed by atoms with Gasteiger partial charge in [0.1, 0.15) is 11.6 Å². The Kier molecular flexibility index (Phi) is 4.60. The van der Waals surface area contributed by atoms with Gasteiger partial charge >= 0.3 is 5.97 Å². The van der Waals surface area contributed by atoms with Crippen molar-refractivity contribution in [3.8, 4) is 5.75 Å². The third-order valence-corrected chi connectivity index (χ3v) is 4.02. The van der Waals surface area contributed by atoms with Crippen molar-refractivity contribution in [1.82, 2.24) is 4.90 Å². The smallest absolute Gasteiger partial charge is 0.304 e. The summed E-state index contributed by atoms with van der Waals surface area (Å²) in [4.78, 5) is 13.0. The number of benzene rings is 1. The van der Waals surface area contributed by atoms with Crippen LogP contribution in [0.3, 0.4) is 0 Å². The van der Waals surface area contributed by atoms with Crippen LogP contribution in [0, 0.1) is 5.82 Å². The summed E-state index contributed by atoms with van der Waals surface area (Å²) in [6.07, 6.45) is 2.92. The molecule has 0 amide bonds. The molecule has 4 nitrogen and oxygen atoms in total. The molecule has 1 fully saturated rings. The Bertz CT molecular complexity index is 492. The molecule has 0 spiro atoms. The molecule has 1 saturated heterocycles. The topological polar surface area (TPSA) is 60.8 Å². The number of aromatic hydroxyl groups is 1. The molecule has 5 heteroatoms. The van der Waals surface area contributed by atoms with Gasteiger partial charge in [-0.25, -0.2) is 4.39 Å². The molecule has 20 heavy (non-hydrogen) atoms. The fourth-order valence-corrected chi connectivity index (χ4v) is 2.99. The maximum atomic E-state index is 13.4. The van der Waals surface area contributed by atoms with Crippen LogP contribution in [0.15, 0.2) is 18.2 Å². The fourth-order valence-electron chi connectivity index (χ4n) is 2.99. The van der Waals surface area contributed by atoms with E-state index in [1.54, 1.807) is 0 Å². The van der Waals surface area contributed by atoms with E-state index in [4.69, 9.17) is 5.11 Å². The average molecular weight is 281 g/mol. The number of nitrogens with zero attached hydrogens (tertiary/aromatic N) is 1. The van der Waals surface area contributed by atoms with Crippen molar-refractivity contribution >= 4 is 5.97 Å². The Morgan fingerprint density at radius 1 is 1.50 bits per heavy atom. The minimum absolute atomic E-state index is 0.0542. The van der Waals surface area contributed by atoms with Crippen molar-refractivity contribution in [2.24, 2.45) is 0 Å². The molecule has 0 saturated carbocycles. The maximum absolute atomic E-state index is 13.4. The highest BCUT2D eigenvalue weighted by Crippen LogP contribution is 2.34. The first-order valence-electron chi connectivity index (χ1n) is 6.95. The lowest BCUT2D eigenvalue weighted by atomic mass is 9.95. The number of carboxylic acids is 1. The van der Waals surface area contributed by atoms with Crippen molar-refractivity contribution in [2.75, 3.05) is 6.54 Å². The van der Waals surface area contributed by atoms with Crippen molar-refractivity contribution in [3.05, 3.63) is 29.6 Å². The van der Waals surface area contributed by atoms with Crippen LogP contribution < -0.4 is 0 Å². The standard InChI is InChI=1S/C15H20FNO3/c1-10(13-8-11(16)5-6-14(13)18)17-7-3-2-4-12(17)9-15(19)20/h5-6,8,10,12,18H,2-4,7,9H2,1H3,(H,19,20). The lowest BCUT2D eigenvalue weighted by Gasteiger charge is -2.39. The van der Waals surface area contributed by atoms with E-state index in [2.05, 4.69) is 4.90 Å². The van der Waals surface area contributed by atoms with Gasteiger partial charge in [-0.3, -0.25) is 9.69 Å². The number of carbonyl (C=O) groups is 1. The maximum Gasteiger partial charge on any atom is 0.304 e. The lowest BCUT2D eigenvalue weighted by Crippen LogP contribution is -2.42. The van der Waals surface area contributed by atoms with Gasteiger partial charge < -0.3 is 10.2 Å². The summed E-state index contributed by atoms with van der Waals surface area (Å²) in [5, 5.41) is 18.9. The SMILES string of the molecule is CC(c1cc(F)ccc1O)N1CCCCC1CC(=O)O. The van der Waals surface area contributed by atoms with Gasteiger partial charge in [0, 0.05) is 17.6 Å². The van der Waals surface area contributed by atoms with Crippen LogP contribution in [-0.4, -0.2) is 33.7 Å². The normalized spacial score (nSPS) is 21.6. The van der Waals surface area contributed by atoms with Crippen LogP contribution >= 0.6 is 0 Å². The summed E-state index contributed by atoms with van der Waals surface area (Å²) >= 11 is 0. The second-order valence-electron chi connectivity index (χ2n) is 5.36. The highest BCUT2D eigenvalue weighted by molar-refractivity contribution is 5.67. The van der Waals surface area contributed by atoms with Gasteiger partial charge in [0.2, 0.25) is 0 Å². The molecule has 1 aromatic rings. The Morgan fingerprint density at radius 3 is 2.95 bits per heavy atom. The number of aliphatic carboxylic acids is 1. The van der Waals surface area contributed by atoms with Gasteiger partial charge in [0.25, 0.3) is 0 Å². The highest BCUT2D eigenvalue weighted by atomic mass is 19.1. The van der Waals surface area contributed by atoms with Crippen LogP contribution in [-0.2, 0) is 4.79 Å². The minimum atomic E-state index is -0.822. The second kappa shape index (κ2) is 6.22. The van der Waals surface area contributed by atoms with Crippen molar-refractivity contribution in [1.29, 1.82) is 0 Å². The molecule has 0 radical (unpaired) electrons. The summed E-state index contributed by atoms with van der Waals surface area (Å²) in [6.45, 7) is 2.66. The molecular weight excluding hydrogens is 261 g/mol. The van der Waals surface area contributed by atoms with Gasteiger partial charge in [-0.2, -0.15) is 0 Å². The molecule has 110 valence electrons. The Balaban J connectivity index is 2.22. The number of hydrogen-bond acceptors (Lipinski definition) is 3. The van der Waals surface area contributed by atoms with E-state index in [1.165, 1.54) is 18.2 Å².